The van der Waals surface area contributed by atoms with Crippen molar-refractivity contribution < 1.29 is 14.1 Å². The Balaban J connectivity index is 1.76. The number of rotatable bonds is 4. The van der Waals surface area contributed by atoms with E-state index in [4.69, 9.17) is 9.26 Å². The summed E-state index contributed by atoms with van der Waals surface area (Å²) in [6.07, 6.45) is 0.816. The minimum absolute atomic E-state index is 0.0697. The van der Waals surface area contributed by atoms with E-state index in [0.29, 0.717) is 42.9 Å². The molecule has 2 aromatic heterocycles. The molecule has 3 heterocycles. The lowest BCUT2D eigenvalue weighted by molar-refractivity contribution is 0.0784. The summed E-state index contributed by atoms with van der Waals surface area (Å²) in [5.41, 5.74) is 1.32. The first-order chi connectivity index (χ1) is 11.1. The second kappa shape index (κ2) is 6.36. The van der Waals surface area contributed by atoms with Crippen LogP contribution in [0.15, 0.2) is 16.7 Å². The summed E-state index contributed by atoms with van der Waals surface area (Å²) in [4.78, 5) is 23.2. The van der Waals surface area contributed by atoms with Gasteiger partial charge in [-0.05, 0) is 39.3 Å². The Bertz CT molecular complexity index is 713. The maximum absolute atomic E-state index is 12.8. The summed E-state index contributed by atoms with van der Waals surface area (Å²) >= 11 is 0. The molecule has 1 aliphatic heterocycles. The second-order valence-electron chi connectivity index (χ2n) is 5.65. The van der Waals surface area contributed by atoms with Crippen LogP contribution in [0.25, 0.3) is 0 Å². The zero-order valence-electron chi connectivity index (χ0n) is 13.6. The fourth-order valence-corrected chi connectivity index (χ4v) is 2.74. The molecule has 122 valence electrons. The number of pyridine rings is 1. The van der Waals surface area contributed by atoms with Crippen molar-refractivity contribution in [3.05, 3.63) is 35.1 Å². The van der Waals surface area contributed by atoms with Crippen LogP contribution in [-0.2, 0) is 0 Å². The van der Waals surface area contributed by atoms with Gasteiger partial charge in [0, 0.05) is 18.8 Å². The number of aromatic nitrogens is 3. The van der Waals surface area contributed by atoms with Crippen molar-refractivity contribution in [1.29, 1.82) is 0 Å². The number of aryl methyl sites for hydroxylation is 2. The van der Waals surface area contributed by atoms with Crippen LogP contribution < -0.4 is 4.74 Å². The number of nitrogens with zero attached hydrogens (tertiary/aromatic N) is 4. The van der Waals surface area contributed by atoms with Gasteiger partial charge in [0.25, 0.3) is 5.91 Å². The normalized spacial score (nSPS) is 17.5. The van der Waals surface area contributed by atoms with Crippen LogP contribution in [0.1, 0.15) is 47.0 Å². The SMILES string of the molecule is CCOc1nc(C)ccc1C(=O)N1CCC(c2nc(C)no2)C1. The molecule has 1 fully saturated rings. The average molecular weight is 316 g/mol. The van der Waals surface area contributed by atoms with E-state index in [2.05, 4.69) is 15.1 Å². The van der Waals surface area contributed by atoms with Gasteiger partial charge in [0.15, 0.2) is 5.82 Å². The third-order valence-electron chi connectivity index (χ3n) is 3.88. The summed E-state index contributed by atoms with van der Waals surface area (Å²) in [7, 11) is 0. The number of amides is 1. The predicted octanol–water partition coefficient (Wildman–Crippen LogP) is 2.11. The zero-order chi connectivity index (χ0) is 16.4. The predicted molar refractivity (Wildman–Crippen MR) is 82.4 cm³/mol. The first-order valence-electron chi connectivity index (χ1n) is 7.78. The summed E-state index contributed by atoms with van der Waals surface area (Å²) in [5, 5.41) is 3.82. The van der Waals surface area contributed by atoms with Gasteiger partial charge < -0.3 is 14.2 Å². The molecule has 0 aliphatic carbocycles. The Kier molecular flexibility index (Phi) is 4.27. The standard InChI is InChI=1S/C16H20N4O3/c1-4-22-15-13(6-5-10(2)17-15)16(21)20-8-7-12(9-20)14-18-11(3)19-23-14/h5-6,12H,4,7-9H2,1-3H3. The largest absolute Gasteiger partial charge is 0.477 e. The molecule has 0 spiro atoms. The molecule has 1 amide bonds. The van der Waals surface area contributed by atoms with Crippen LogP contribution in [0, 0.1) is 13.8 Å². The van der Waals surface area contributed by atoms with Crippen LogP contribution in [0.3, 0.4) is 0 Å². The zero-order valence-corrected chi connectivity index (χ0v) is 13.6. The summed E-state index contributed by atoms with van der Waals surface area (Å²) < 4.78 is 10.7. The molecule has 1 atom stereocenters. The van der Waals surface area contributed by atoms with Gasteiger partial charge >= 0.3 is 0 Å². The highest BCUT2D eigenvalue weighted by Gasteiger charge is 2.32. The maximum atomic E-state index is 12.8. The van der Waals surface area contributed by atoms with Gasteiger partial charge in [-0.1, -0.05) is 5.16 Å². The van der Waals surface area contributed by atoms with Gasteiger partial charge in [0.2, 0.25) is 11.8 Å². The van der Waals surface area contributed by atoms with Gasteiger partial charge in [-0.15, -0.1) is 0 Å². The summed E-state index contributed by atoms with van der Waals surface area (Å²) in [6.45, 7) is 7.24. The van der Waals surface area contributed by atoms with E-state index in [1.165, 1.54) is 0 Å². The maximum Gasteiger partial charge on any atom is 0.259 e. The van der Waals surface area contributed by atoms with E-state index in [1.807, 2.05) is 19.9 Å². The van der Waals surface area contributed by atoms with Crippen LogP contribution in [0.4, 0.5) is 0 Å². The van der Waals surface area contributed by atoms with E-state index in [9.17, 15) is 4.79 Å². The number of ether oxygens (including phenoxy) is 1. The number of likely N-dealkylation sites (tertiary alicyclic amines) is 1. The van der Waals surface area contributed by atoms with Gasteiger partial charge in [-0.2, -0.15) is 4.98 Å². The van der Waals surface area contributed by atoms with E-state index in [-0.39, 0.29) is 11.8 Å². The van der Waals surface area contributed by atoms with Gasteiger partial charge in [0.1, 0.15) is 5.56 Å². The molecule has 0 N–H and O–H groups in total. The molecule has 7 heteroatoms. The highest BCUT2D eigenvalue weighted by atomic mass is 16.5. The fourth-order valence-electron chi connectivity index (χ4n) is 2.74. The quantitative estimate of drug-likeness (QED) is 0.859. The van der Waals surface area contributed by atoms with Crippen molar-refractivity contribution >= 4 is 5.91 Å². The molecule has 0 saturated carbocycles. The first-order valence-corrected chi connectivity index (χ1v) is 7.78. The molecule has 7 nitrogen and oxygen atoms in total. The molecule has 1 aliphatic rings. The average Bonchev–Trinajstić information content (AvgIpc) is 3.16. The highest BCUT2D eigenvalue weighted by Crippen LogP contribution is 2.28. The molecule has 1 unspecified atom stereocenters. The number of carbonyl (C=O) groups is 1. The fraction of sp³-hybridized carbons (Fsp3) is 0.500. The third kappa shape index (κ3) is 3.18. The Hall–Kier alpha value is -2.44. The molecule has 2 aromatic rings. The smallest absolute Gasteiger partial charge is 0.259 e. The molecule has 0 radical (unpaired) electrons. The lowest BCUT2D eigenvalue weighted by Gasteiger charge is -2.17. The highest BCUT2D eigenvalue weighted by molar-refractivity contribution is 5.96. The Morgan fingerprint density at radius 2 is 2.22 bits per heavy atom. The Morgan fingerprint density at radius 1 is 1.39 bits per heavy atom. The van der Waals surface area contributed by atoms with Crippen molar-refractivity contribution in [3.8, 4) is 5.88 Å². The van der Waals surface area contributed by atoms with Crippen molar-refractivity contribution in [3.63, 3.8) is 0 Å². The van der Waals surface area contributed by atoms with E-state index in [0.717, 1.165) is 12.1 Å². The second-order valence-corrected chi connectivity index (χ2v) is 5.65. The number of hydrogen-bond donors (Lipinski definition) is 0. The molecule has 1 saturated heterocycles. The summed E-state index contributed by atoms with van der Waals surface area (Å²) in [6, 6.07) is 3.60. The lowest BCUT2D eigenvalue weighted by Crippen LogP contribution is -2.29. The molecule has 23 heavy (non-hydrogen) atoms. The molecular formula is C16H20N4O3. The number of hydrogen-bond acceptors (Lipinski definition) is 6. The Labute approximate surface area is 134 Å². The van der Waals surface area contributed by atoms with Gasteiger partial charge in [-0.25, -0.2) is 4.98 Å². The lowest BCUT2D eigenvalue weighted by atomic mass is 10.1. The van der Waals surface area contributed by atoms with Crippen molar-refractivity contribution in [2.45, 2.75) is 33.1 Å². The molecule has 0 bridgehead atoms. The van der Waals surface area contributed by atoms with Crippen LogP contribution in [-0.4, -0.2) is 45.6 Å². The van der Waals surface area contributed by atoms with E-state index >= 15 is 0 Å². The van der Waals surface area contributed by atoms with Crippen molar-refractivity contribution in [2.75, 3.05) is 19.7 Å². The minimum atomic E-state index is -0.0697. The van der Waals surface area contributed by atoms with Crippen LogP contribution in [0.5, 0.6) is 5.88 Å². The third-order valence-corrected chi connectivity index (χ3v) is 3.88. The van der Waals surface area contributed by atoms with Crippen LogP contribution >= 0.6 is 0 Å². The summed E-state index contributed by atoms with van der Waals surface area (Å²) in [5.74, 6) is 1.64. The first kappa shape index (κ1) is 15.5. The van der Waals surface area contributed by atoms with Gasteiger partial charge in [0.05, 0.1) is 12.5 Å². The van der Waals surface area contributed by atoms with Crippen LogP contribution in [0.2, 0.25) is 0 Å². The molecular weight excluding hydrogens is 296 g/mol. The van der Waals surface area contributed by atoms with E-state index in [1.54, 1.807) is 17.9 Å². The molecule has 3 rings (SSSR count). The Morgan fingerprint density at radius 3 is 2.91 bits per heavy atom. The molecule has 0 aromatic carbocycles. The van der Waals surface area contributed by atoms with Crippen molar-refractivity contribution in [2.24, 2.45) is 0 Å². The monoisotopic (exact) mass is 316 g/mol. The number of carbonyl (C=O) groups excluding carboxylic acids is 1. The van der Waals surface area contributed by atoms with Gasteiger partial charge in [-0.3, -0.25) is 4.79 Å². The van der Waals surface area contributed by atoms with Crippen molar-refractivity contribution in [1.82, 2.24) is 20.0 Å². The topological polar surface area (TPSA) is 81.4 Å². The van der Waals surface area contributed by atoms with E-state index < -0.39 is 0 Å². The minimum Gasteiger partial charge on any atom is -0.477 e.